The van der Waals surface area contributed by atoms with Crippen molar-refractivity contribution in [1.82, 2.24) is 9.55 Å². The van der Waals surface area contributed by atoms with Crippen molar-refractivity contribution in [3.8, 4) is 0 Å². The summed E-state index contributed by atoms with van der Waals surface area (Å²) in [4.78, 5) is 27.1. The molecule has 0 saturated heterocycles. The van der Waals surface area contributed by atoms with Crippen molar-refractivity contribution in [3.63, 3.8) is 0 Å². The highest BCUT2D eigenvalue weighted by molar-refractivity contribution is 6.02. The quantitative estimate of drug-likeness (QED) is 0.836. The number of carbonyl (C=O) groups is 1. The molecule has 0 aromatic carbocycles. The van der Waals surface area contributed by atoms with E-state index < -0.39 is 0 Å². The third-order valence-corrected chi connectivity index (χ3v) is 2.34. The van der Waals surface area contributed by atoms with Gasteiger partial charge >= 0.3 is 0 Å². The van der Waals surface area contributed by atoms with Gasteiger partial charge < -0.3 is 9.88 Å². The Balaban J connectivity index is 2.27. The van der Waals surface area contributed by atoms with E-state index in [1.165, 1.54) is 10.6 Å². The maximum Gasteiger partial charge on any atom is 0.272 e. The molecule has 2 heterocycles. The lowest BCUT2D eigenvalue weighted by Gasteiger charge is -2.07. The second-order valence-electron chi connectivity index (χ2n) is 3.50. The molecule has 0 spiro atoms. The lowest BCUT2D eigenvalue weighted by Crippen LogP contribution is -2.25. The van der Waals surface area contributed by atoms with Crippen molar-refractivity contribution in [2.45, 2.75) is 0 Å². The molecular formula is C12H11N3O2. The molecule has 0 aliphatic rings. The summed E-state index contributed by atoms with van der Waals surface area (Å²) < 4.78 is 1.30. The molecule has 17 heavy (non-hydrogen) atoms. The van der Waals surface area contributed by atoms with Gasteiger partial charge in [-0.2, -0.15) is 0 Å². The number of hydrogen-bond donors (Lipinski definition) is 1. The second kappa shape index (κ2) is 4.61. The average Bonchev–Trinajstić information content (AvgIpc) is 2.34. The molecule has 0 saturated carbocycles. The Labute approximate surface area is 97.7 Å². The number of anilines is 1. The van der Waals surface area contributed by atoms with Crippen molar-refractivity contribution in [2.24, 2.45) is 7.05 Å². The van der Waals surface area contributed by atoms with Crippen LogP contribution in [0.3, 0.4) is 0 Å². The molecule has 0 aliphatic heterocycles. The smallest absolute Gasteiger partial charge is 0.272 e. The number of nitrogens with zero attached hydrogens (tertiary/aromatic N) is 2. The Morgan fingerprint density at radius 2 is 2.12 bits per heavy atom. The van der Waals surface area contributed by atoms with Crippen molar-refractivity contribution in [1.29, 1.82) is 0 Å². The van der Waals surface area contributed by atoms with Gasteiger partial charge in [-0.15, -0.1) is 0 Å². The highest BCUT2D eigenvalue weighted by Crippen LogP contribution is 2.05. The number of hydrogen-bond acceptors (Lipinski definition) is 3. The fourth-order valence-electron chi connectivity index (χ4n) is 1.42. The molecule has 2 aromatic heterocycles. The van der Waals surface area contributed by atoms with E-state index in [4.69, 9.17) is 0 Å². The first-order chi connectivity index (χ1) is 8.18. The zero-order valence-electron chi connectivity index (χ0n) is 9.25. The molecule has 86 valence electrons. The van der Waals surface area contributed by atoms with Crippen LogP contribution in [0.25, 0.3) is 0 Å². The number of aromatic nitrogens is 2. The Morgan fingerprint density at radius 3 is 2.82 bits per heavy atom. The Kier molecular flexibility index (Phi) is 3.00. The van der Waals surface area contributed by atoms with Crippen molar-refractivity contribution in [3.05, 3.63) is 58.8 Å². The number of amides is 1. The first-order valence-electron chi connectivity index (χ1n) is 5.06. The fraction of sp³-hybridized carbons (Fsp3) is 0.0833. The topological polar surface area (TPSA) is 64.0 Å². The molecule has 0 unspecified atom stereocenters. The molecule has 5 nitrogen and oxygen atoms in total. The predicted molar refractivity (Wildman–Crippen MR) is 63.9 cm³/mol. The van der Waals surface area contributed by atoms with Crippen LogP contribution < -0.4 is 10.9 Å². The molecule has 1 N–H and O–H groups in total. The van der Waals surface area contributed by atoms with E-state index in [9.17, 15) is 9.59 Å². The minimum absolute atomic E-state index is 0.219. The van der Waals surface area contributed by atoms with Gasteiger partial charge in [-0.3, -0.25) is 14.6 Å². The third kappa shape index (κ3) is 2.39. The van der Waals surface area contributed by atoms with Crippen LogP contribution in [-0.4, -0.2) is 15.5 Å². The van der Waals surface area contributed by atoms with Gasteiger partial charge in [0.15, 0.2) is 0 Å². The van der Waals surface area contributed by atoms with Gasteiger partial charge in [0.2, 0.25) is 0 Å². The summed E-state index contributed by atoms with van der Waals surface area (Å²) in [5, 5.41) is 2.67. The molecule has 5 heteroatoms. The van der Waals surface area contributed by atoms with Gasteiger partial charge in [0.1, 0.15) is 5.69 Å². The number of carbonyl (C=O) groups excluding carboxylic acids is 1. The minimum atomic E-state index is -0.335. The first-order valence-corrected chi connectivity index (χ1v) is 5.06. The minimum Gasteiger partial charge on any atom is -0.319 e. The zero-order valence-corrected chi connectivity index (χ0v) is 9.25. The van der Waals surface area contributed by atoms with Gasteiger partial charge in [-0.05, 0) is 18.2 Å². The standard InChI is InChI=1S/C12H11N3O2/c1-15-10(5-2-6-11(15)16)12(17)14-9-4-3-7-13-8-9/h2-8H,1H3,(H,14,17). The van der Waals surface area contributed by atoms with Crippen LogP contribution in [0, 0.1) is 0 Å². The van der Waals surface area contributed by atoms with E-state index in [-0.39, 0.29) is 11.5 Å². The van der Waals surface area contributed by atoms with Crippen LogP contribution in [0.2, 0.25) is 0 Å². The SMILES string of the molecule is Cn1c(C(=O)Nc2cccnc2)cccc1=O. The van der Waals surface area contributed by atoms with Crippen LogP contribution in [0.15, 0.2) is 47.5 Å². The fourth-order valence-corrected chi connectivity index (χ4v) is 1.42. The normalized spacial score (nSPS) is 9.94. The molecular weight excluding hydrogens is 218 g/mol. The highest BCUT2D eigenvalue weighted by Gasteiger charge is 2.09. The van der Waals surface area contributed by atoms with Gasteiger partial charge in [-0.25, -0.2) is 0 Å². The van der Waals surface area contributed by atoms with Crippen molar-refractivity contribution < 1.29 is 4.79 Å². The van der Waals surface area contributed by atoms with Crippen LogP contribution in [0.4, 0.5) is 5.69 Å². The number of nitrogens with one attached hydrogen (secondary N) is 1. The Bertz CT molecular complexity index is 590. The summed E-state index contributed by atoms with van der Waals surface area (Å²) in [6.45, 7) is 0. The monoisotopic (exact) mass is 229 g/mol. The first kappa shape index (κ1) is 11.1. The lowest BCUT2D eigenvalue weighted by atomic mass is 10.3. The molecule has 0 aliphatic carbocycles. The van der Waals surface area contributed by atoms with Gasteiger partial charge in [0.05, 0.1) is 11.9 Å². The summed E-state index contributed by atoms with van der Waals surface area (Å²) in [6, 6.07) is 8.00. The summed E-state index contributed by atoms with van der Waals surface area (Å²) in [5.74, 6) is -0.335. The zero-order chi connectivity index (χ0) is 12.3. The third-order valence-electron chi connectivity index (χ3n) is 2.34. The number of pyridine rings is 2. The molecule has 2 rings (SSSR count). The maximum absolute atomic E-state index is 11.9. The largest absolute Gasteiger partial charge is 0.319 e. The van der Waals surface area contributed by atoms with E-state index in [2.05, 4.69) is 10.3 Å². The molecule has 0 bridgehead atoms. The van der Waals surface area contributed by atoms with Crippen LogP contribution in [-0.2, 0) is 7.05 Å². The van der Waals surface area contributed by atoms with Gasteiger partial charge in [0.25, 0.3) is 11.5 Å². The Morgan fingerprint density at radius 1 is 1.29 bits per heavy atom. The van der Waals surface area contributed by atoms with Crippen LogP contribution in [0.1, 0.15) is 10.5 Å². The molecule has 1 amide bonds. The molecule has 0 radical (unpaired) electrons. The van der Waals surface area contributed by atoms with E-state index in [0.717, 1.165) is 0 Å². The van der Waals surface area contributed by atoms with E-state index in [1.54, 1.807) is 43.7 Å². The lowest BCUT2D eigenvalue weighted by molar-refractivity contribution is 0.101. The van der Waals surface area contributed by atoms with Crippen molar-refractivity contribution >= 4 is 11.6 Å². The second-order valence-corrected chi connectivity index (χ2v) is 3.50. The summed E-state index contributed by atoms with van der Waals surface area (Å²) in [5.41, 5.74) is 0.680. The summed E-state index contributed by atoms with van der Waals surface area (Å²) in [6.07, 6.45) is 3.16. The summed E-state index contributed by atoms with van der Waals surface area (Å²) in [7, 11) is 1.56. The highest BCUT2D eigenvalue weighted by atomic mass is 16.2. The summed E-state index contributed by atoms with van der Waals surface area (Å²) >= 11 is 0. The van der Waals surface area contributed by atoms with E-state index in [1.807, 2.05) is 0 Å². The van der Waals surface area contributed by atoms with E-state index >= 15 is 0 Å². The van der Waals surface area contributed by atoms with Gasteiger partial charge in [-0.1, -0.05) is 6.07 Å². The average molecular weight is 229 g/mol. The Hall–Kier alpha value is -2.43. The molecule has 0 atom stereocenters. The number of rotatable bonds is 2. The molecule has 0 fully saturated rings. The predicted octanol–water partition coefficient (Wildman–Crippen LogP) is 1.03. The van der Waals surface area contributed by atoms with Gasteiger partial charge in [0, 0.05) is 19.3 Å². The van der Waals surface area contributed by atoms with Crippen molar-refractivity contribution in [2.75, 3.05) is 5.32 Å². The van der Waals surface area contributed by atoms with Crippen LogP contribution >= 0.6 is 0 Å². The molecule has 2 aromatic rings. The van der Waals surface area contributed by atoms with Crippen LogP contribution in [0.5, 0.6) is 0 Å². The van der Waals surface area contributed by atoms with E-state index in [0.29, 0.717) is 11.4 Å². The maximum atomic E-state index is 11.9.